The van der Waals surface area contributed by atoms with Gasteiger partial charge in [0.2, 0.25) is 0 Å². The quantitative estimate of drug-likeness (QED) is 0.774. The lowest BCUT2D eigenvalue weighted by molar-refractivity contribution is 0.148. The van der Waals surface area contributed by atoms with Crippen LogP contribution in [0.15, 0.2) is 34.8 Å². The van der Waals surface area contributed by atoms with Crippen molar-refractivity contribution in [3.63, 3.8) is 0 Å². The van der Waals surface area contributed by atoms with E-state index in [1.54, 1.807) is 0 Å². The van der Waals surface area contributed by atoms with Crippen LogP contribution in [-0.4, -0.2) is 5.11 Å². The van der Waals surface area contributed by atoms with Gasteiger partial charge in [0.05, 0.1) is 6.10 Å². The van der Waals surface area contributed by atoms with E-state index in [0.717, 1.165) is 20.1 Å². The minimum Gasteiger partial charge on any atom is -0.387 e. The van der Waals surface area contributed by atoms with Crippen LogP contribution in [0.2, 0.25) is 4.34 Å². The van der Waals surface area contributed by atoms with Crippen molar-refractivity contribution < 1.29 is 5.11 Å². The highest BCUT2D eigenvalue weighted by molar-refractivity contribution is 9.10. The van der Waals surface area contributed by atoms with Crippen molar-refractivity contribution >= 4 is 38.9 Å². The van der Waals surface area contributed by atoms with Crippen LogP contribution in [0.4, 0.5) is 0 Å². The third-order valence-corrected chi connectivity index (χ3v) is 7.26. The van der Waals surface area contributed by atoms with Crippen molar-refractivity contribution in [2.45, 2.75) is 24.9 Å². The number of hydrogen-bond acceptors (Lipinski definition) is 2. The lowest BCUT2D eigenvalue weighted by Gasteiger charge is -2.13. The van der Waals surface area contributed by atoms with Gasteiger partial charge in [-0.15, -0.1) is 11.3 Å². The largest absolute Gasteiger partial charge is 0.387 e. The molecule has 4 heteroatoms. The molecule has 4 atom stereocenters. The highest BCUT2D eigenvalue weighted by atomic mass is 79.9. The molecule has 0 bridgehead atoms. The molecule has 1 heterocycles. The maximum atomic E-state index is 10.7. The van der Waals surface area contributed by atoms with Crippen molar-refractivity contribution in [3.8, 4) is 0 Å². The van der Waals surface area contributed by atoms with Crippen LogP contribution < -0.4 is 0 Å². The molecular formula is C16H14BrClOS. The molecule has 1 aromatic heterocycles. The third kappa shape index (κ3) is 1.98. The number of thiophene rings is 1. The summed E-state index contributed by atoms with van der Waals surface area (Å²) in [6, 6.07) is 10.7. The van der Waals surface area contributed by atoms with Crippen LogP contribution >= 0.6 is 38.9 Å². The van der Waals surface area contributed by atoms with Gasteiger partial charge in [0.15, 0.2) is 0 Å². The zero-order chi connectivity index (χ0) is 13.9. The zero-order valence-corrected chi connectivity index (χ0v) is 13.9. The van der Waals surface area contributed by atoms with Gasteiger partial charge < -0.3 is 5.11 Å². The second-order valence-corrected chi connectivity index (χ2v) is 8.26. The van der Waals surface area contributed by atoms with Gasteiger partial charge in [0, 0.05) is 15.3 Å². The Morgan fingerprint density at radius 2 is 2.15 bits per heavy atom. The summed E-state index contributed by atoms with van der Waals surface area (Å²) in [6.45, 7) is 0. The highest BCUT2D eigenvalue weighted by Gasteiger charge is 2.56. The Morgan fingerprint density at radius 3 is 2.90 bits per heavy atom. The summed E-state index contributed by atoms with van der Waals surface area (Å²) in [5.74, 6) is 1.54. The summed E-state index contributed by atoms with van der Waals surface area (Å²) in [4.78, 5) is 0.985. The molecule has 0 saturated heterocycles. The summed E-state index contributed by atoms with van der Waals surface area (Å²) in [5, 5.41) is 10.7. The van der Waals surface area contributed by atoms with Crippen LogP contribution in [0.3, 0.4) is 0 Å². The van der Waals surface area contributed by atoms with Gasteiger partial charge in [-0.3, -0.25) is 0 Å². The molecule has 104 valence electrons. The third-order valence-electron chi connectivity index (χ3n) is 4.71. The summed E-state index contributed by atoms with van der Waals surface area (Å²) >= 11 is 11.0. The molecule has 0 aliphatic heterocycles. The van der Waals surface area contributed by atoms with Crippen molar-refractivity contribution in [2.75, 3.05) is 0 Å². The van der Waals surface area contributed by atoms with E-state index in [2.05, 4.69) is 40.2 Å². The second-order valence-electron chi connectivity index (χ2n) is 5.72. The molecule has 1 saturated carbocycles. The van der Waals surface area contributed by atoms with Crippen molar-refractivity contribution in [1.29, 1.82) is 0 Å². The van der Waals surface area contributed by atoms with Gasteiger partial charge in [-0.05, 0) is 57.8 Å². The molecule has 4 rings (SSSR count). The predicted octanol–water partition coefficient (Wildman–Crippen LogP) is 5.17. The fourth-order valence-corrected chi connectivity index (χ4v) is 5.53. The number of hydrogen-bond donors (Lipinski definition) is 1. The van der Waals surface area contributed by atoms with Crippen LogP contribution in [-0.2, 0) is 6.42 Å². The van der Waals surface area contributed by atoms with Gasteiger partial charge in [0.25, 0.3) is 0 Å². The molecule has 4 unspecified atom stereocenters. The van der Waals surface area contributed by atoms with Gasteiger partial charge in [-0.25, -0.2) is 0 Å². The fraction of sp³-hybridized carbons (Fsp3) is 0.375. The Labute approximate surface area is 135 Å². The first-order chi connectivity index (χ1) is 9.66. The van der Waals surface area contributed by atoms with E-state index in [-0.39, 0.29) is 6.10 Å². The first-order valence-electron chi connectivity index (χ1n) is 6.87. The molecular weight excluding hydrogens is 356 g/mol. The van der Waals surface area contributed by atoms with Crippen LogP contribution in [0.25, 0.3) is 0 Å². The number of aryl methyl sites for hydroxylation is 1. The van der Waals surface area contributed by atoms with E-state index >= 15 is 0 Å². The van der Waals surface area contributed by atoms with E-state index in [9.17, 15) is 5.11 Å². The SMILES string of the molecule is OC(c1cc(Br)c(Cl)s1)C1C2CCc3ccccc3C21. The average molecular weight is 370 g/mol. The van der Waals surface area contributed by atoms with Gasteiger partial charge in [-0.2, -0.15) is 0 Å². The van der Waals surface area contributed by atoms with Crippen molar-refractivity contribution in [3.05, 3.63) is 55.1 Å². The average Bonchev–Trinajstić information content (AvgIpc) is 3.11. The Morgan fingerprint density at radius 1 is 1.35 bits per heavy atom. The molecule has 2 aliphatic rings. The minimum absolute atomic E-state index is 0.361. The lowest BCUT2D eigenvalue weighted by atomic mass is 9.92. The van der Waals surface area contributed by atoms with Crippen molar-refractivity contribution in [1.82, 2.24) is 0 Å². The highest BCUT2D eigenvalue weighted by Crippen LogP contribution is 2.64. The van der Waals surface area contributed by atoms with E-state index in [1.165, 1.54) is 28.9 Å². The number of rotatable bonds is 2. The fourth-order valence-electron chi connectivity index (χ4n) is 3.75. The number of halogens is 2. The van der Waals surface area contributed by atoms with Gasteiger partial charge in [-0.1, -0.05) is 35.9 Å². The summed E-state index contributed by atoms with van der Waals surface area (Å²) in [6.07, 6.45) is 1.96. The number of benzene rings is 1. The molecule has 2 aliphatic carbocycles. The number of fused-ring (bicyclic) bond motifs is 3. The van der Waals surface area contributed by atoms with E-state index in [1.807, 2.05) is 6.07 Å². The van der Waals surface area contributed by atoms with E-state index < -0.39 is 0 Å². The van der Waals surface area contributed by atoms with Crippen molar-refractivity contribution in [2.24, 2.45) is 11.8 Å². The smallest absolute Gasteiger partial charge is 0.107 e. The summed E-state index contributed by atoms with van der Waals surface area (Å²) < 4.78 is 1.62. The maximum Gasteiger partial charge on any atom is 0.107 e. The van der Waals surface area contributed by atoms with Gasteiger partial charge >= 0.3 is 0 Å². The molecule has 0 radical (unpaired) electrons. The molecule has 1 nitrogen and oxygen atoms in total. The lowest BCUT2D eigenvalue weighted by Crippen LogP contribution is -2.00. The minimum atomic E-state index is -0.384. The molecule has 0 amide bonds. The second kappa shape index (κ2) is 4.84. The molecule has 20 heavy (non-hydrogen) atoms. The molecule has 0 spiro atoms. The summed E-state index contributed by atoms with van der Waals surface area (Å²) in [7, 11) is 0. The normalized spacial score (nSPS) is 28.6. The monoisotopic (exact) mass is 368 g/mol. The van der Waals surface area contributed by atoms with Crippen LogP contribution in [0, 0.1) is 11.8 Å². The predicted molar refractivity (Wildman–Crippen MR) is 86.5 cm³/mol. The molecule has 2 aromatic rings. The van der Waals surface area contributed by atoms with Gasteiger partial charge in [0.1, 0.15) is 4.34 Å². The molecule has 1 aromatic carbocycles. The molecule has 1 fully saturated rings. The summed E-state index contributed by atoms with van der Waals surface area (Å²) in [5.41, 5.74) is 2.92. The number of aliphatic hydroxyl groups excluding tert-OH is 1. The van der Waals surface area contributed by atoms with E-state index in [0.29, 0.717) is 17.8 Å². The standard InChI is InChI=1S/C16H14BrClOS/c17-11-7-12(20-16(11)18)15(19)14-10-6-5-8-3-1-2-4-9(8)13(10)14/h1-4,7,10,13-15,19H,5-6H2. The Balaban J connectivity index is 1.63. The topological polar surface area (TPSA) is 20.2 Å². The maximum absolute atomic E-state index is 10.7. The molecule has 1 N–H and O–H groups in total. The number of aliphatic hydroxyl groups is 1. The van der Waals surface area contributed by atoms with Crippen LogP contribution in [0.5, 0.6) is 0 Å². The van der Waals surface area contributed by atoms with E-state index in [4.69, 9.17) is 11.6 Å². The first kappa shape index (κ1) is 13.3. The Hall–Kier alpha value is -0.350. The van der Waals surface area contributed by atoms with Crippen LogP contribution in [0.1, 0.15) is 34.4 Å². The Bertz CT molecular complexity index is 649. The Kier molecular flexibility index (Phi) is 3.22. The zero-order valence-electron chi connectivity index (χ0n) is 10.7. The first-order valence-corrected chi connectivity index (χ1v) is 8.86.